The predicted molar refractivity (Wildman–Crippen MR) is 73.8 cm³/mol. The smallest absolute Gasteiger partial charge is 0.252 e. The number of carbonyl (C=O) groups is 3. The molecule has 0 saturated heterocycles. The SMILES string of the molecule is NC(=O)[C@H](NC(=O)c1cccc(F)c1)[C@@H]1CCCC(=O)C1. The summed E-state index contributed by atoms with van der Waals surface area (Å²) in [5.74, 6) is -2.01. The number of benzene rings is 1. The Morgan fingerprint density at radius 3 is 2.76 bits per heavy atom. The zero-order chi connectivity index (χ0) is 15.4. The molecule has 1 aromatic carbocycles. The number of carbonyl (C=O) groups excluding carboxylic acids is 3. The van der Waals surface area contributed by atoms with Crippen LogP contribution in [0.25, 0.3) is 0 Å². The first-order chi connectivity index (χ1) is 9.97. The first-order valence-electron chi connectivity index (χ1n) is 6.85. The molecule has 112 valence electrons. The molecule has 1 saturated carbocycles. The predicted octanol–water partition coefficient (Wildman–Crippen LogP) is 1.17. The van der Waals surface area contributed by atoms with Crippen LogP contribution in [0.2, 0.25) is 0 Å². The van der Waals surface area contributed by atoms with Crippen molar-refractivity contribution in [2.24, 2.45) is 11.7 Å². The van der Waals surface area contributed by atoms with Gasteiger partial charge in [-0.2, -0.15) is 0 Å². The molecule has 1 fully saturated rings. The summed E-state index contributed by atoms with van der Waals surface area (Å²) in [4.78, 5) is 35.1. The minimum Gasteiger partial charge on any atom is -0.368 e. The van der Waals surface area contributed by atoms with Crippen molar-refractivity contribution < 1.29 is 18.8 Å². The Hall–Kier alpha value is -2.24. The number of Topliss-reactive ketones (excluding diaryl/α,β-unsaturated/α-hetero) is 1. The summed E-state index contributed by atoms with van der Waals surface area (Å²) in [6.07, 6.45) is 2.07. The van der Waals surface area contributed by atoms with Gasteiger partial charge < -0.3 is 11.1 Å². The fraction of sp³-hybridized carbons (Fsp3) is 0.400. The number of amides is 2. The molecule has 5 nitrogen and oxygen atoms in total. The van der Waals surface area contributed by atoms with E-state index in [1.165, 1.54) is 18.2 Å². The number of nitrogens with two attached hydrogens (primary N) is 1. The third kappa shape index (κ3) is 3.87. The van der Waals surface area contributed by atoms with Crippen LogP contribution in [0.15, 0.2) is 24.3 Å². The van der Waals surface area contributed by atoms with Gasteiger partial charge in [-0.25, -0.2) is 4.39 Å². The lowest BCUT2D eigenvalue weighted by molar-refractivity contribution is -0.124. The molecule has 0 heterocycles. The fourth-order valence-electron chi connectivity index (χ4n) is 2.62. The van der Waals surface area contributed by atoms with Crippen molar-refractivity contribution in [2.75, 3.05) is 0 Å². The number of halogens is 1. The summed E-state index contributed by atoms with van der Waals surface area (Å²) in [5.41, 5.74) is 5.44. The molecule has 0 aliphatic heterocycles. The van der Waals surface area contributed by atoms with Crippen LogP contribution in [0.3, 0.4) is 0 Å². The molecule has 0 spiro atoms. The highest BCUT2D eigenvalue weighted by molar-refractivity contribution is 5.97. The molecule has 2 amide bonds. The van der Waals surface area contributed by atoms with Gasteiger partial charge in [0.15, 0.2) is 0 Å². The van der Waals surface area contributed by atoms with E-state index in [-0.39, 0.29) is 23.7 Å². The molecule has 2 atom stereocenters. The van der Waals surface area contributed by atoms with E-state index in [9.17, 15) is 18.8 Å². The van der Waals surface area contributed by atoms with Gasteiger partial charge in [-0.05, 0) is 37.0 Å². The minimum atomic E-state index is -0.912. The molecule has 6 heteroatoms. The van der Waals surface area contributed by atoms with Crippen LogP contribution < -0.4 is 11.1 Å². The zero-order valence-electron chi connectivity index (χ0n) is 11.5. The summed E-state index contributed by atoms with van der Waals surface area (Å²) in [6, 6.07) is 4.25. The fourth-order valence-corrected chi connectivity index (χ4v) is 2.62. The standard InChI is InChI=1S/C15H17FN2O3/c16-11-5-1-4-10(7-11)15(21)18-13(14(17)20)9-3-2-6-12(19)8-9/h1,4-5,7,9,13H,2-3,6,8H2,(H2,17,20)(H,18,21)/t9-,13-/m1/s1. The van der Waals surface area contributed by atoms with Crippen molar-refractivity contribution in [1.29, 1.82) is 0 Å². The molecule has 21 heavy (non-hydrogen) atoms. The Morgan fingerprint density at radius 2 is 2.14 bits per heavy atom. The van der Waals surface area contributed by atoms with Gasteiger partial charge in [0.25, 0.3) is 5.91 Å². The molecular weight excluding hydrogens is 275 g/mol. The molecule has 3 N–H and O–H groups in total. The number of hydrogen-bond acceptors (Lipinski definition) is 3. The highest BCUT2D eigenvalue weighted by atomic mass is 19.1. The Bertz CT molecular complexity index is 574. The molecule has 0 radical (unpaired) electrons. The van der Waals surface area contributed by atoms with Gasteiger partial charge in [0.05, 0.1) is 0 Å². The number of ketones is 1. The van der Waals surface area contributed by atoms with E-state index in [0.717, 1.165) is 6.07 Å². The monoisotopic (exact) mass is 292 g/mol. The molecule has 1 aliphatic carbocycles. The zero-order valence-corrected chi connectivity index (χ0v) is 11.5. The molecule has 0 unspecified atom stereocenters. The lowest BCUT2D eigenvalue weighted by atomic mass is 9.82. The molecule has 2 rings (SSSR count). The van der Waals surface area contributed by atoms with Crippen LogP contribution in [-0.4, -0.2) is 23.6 Å². The molecule has 1 aromatic rings. The van der Waals surface area contributed by atoms with Crippen LogP contribution in [0.5, 0.6) is 0 Å². The maximum absolute atomic E-state index is 13.1. The lowest BCUT2D eigenvalue weighted by Crippen LogP contribution is -2.50. The van der Waals surface area contributed by atoms with Crippen LogP contribution in [0.4, 0.5) is 4.39 Å². The second-order valence-corrected chi connectivity index (χ2v) is 5.26. The average Bonchev–Trinajstić information content (AvgIpc) is 2.44. The van der Waals surface area contributed by atoms with Crippen LogP contribution in [-0.2, 0) is 9.59 Å². The Labute approximate surface area is 121 Å². The first-order valence-corrected chi connectivity index (χ1v) is 6.85. The van der Waals surface area contributed by atoms with Crippen molar-refractivity contribution in [3.05, 3.63) is 35.6 Å². The van der Waals surface area contributed by atoms with Crippen molar-refractivity contribution in [3.63, 3.8) is 0 Å². The number of rotatable bonds is 4. The summed E-state index contributed by atoms with van der Waals surface area (Å²) < 4.78 is 13.1. The van der Waals surface area contributed by atoms with Gasteiger partial charge in [0.2, 0.25) is 5.91 Å². The van der Waals surface area contributed by atoms with Crippen molar-refractivity contribution >= 4 is 17.6 Å². The van der Waals surface area contributed by atoms with E-state index in [4.69, 9.17) is 5.73 Å². The van der Waals surface area contributed by atoms with Gasteiger partial charge >= 0.3 is 0 Å². The molecule has 0 bridgehead atoms. The Morgan fingerprint density at radius 1 is 1.38 bits per heavy atom. The first kappa shape index (κ1) is 15.2. The topological polar surface area (TPSA) is 89.3 Å². The van der Waals surface area contributed by atoms with Crippen LogP contribution in [0, 0.1) is 11.7 Å². The second kappa shape index (κ2) is 6.47. The highest BCUT2D eigenvalue weighted by Crippen LogP contribution is 2.24. The maximum Gasteiger partial charge on any atom is 0.252 e. The summed E-state index contributed by atoms with van der Waals surface area (Å²) in [7, 11) is 0. The number of nitrogens with one attached hydrogen (secondary N) is 1. The summed E-state index contributed by atoms with van der Waals surface area (Å²) >= 11 is 0. The van der Waals surface area contributed by atoms with Crippen molar-refractivity contribution in [3.8, 4) is 0 Å². The third-order valence-corrected chi connectivity index (χ3v) is 3.67. The lowest BCUT2D eigenvalue weighted by Gasteiger charge is -2.28. The highest BCUT2D eigenvalue weighted by Gasteiger charge is 2.32. The normalized spacial score (nSPS) is 19.9. The van der Waals surface area contributed by atoms with E-state index >= 15 is 0 Å². The quantitative estimate of drug-likeness (QED) is 0.873. The van der Waals surface area contributed by atoms with Gasteiger partial charge in [-0.15, -0.1) is 0 Å². The van der Waals surface area contributed by atoms with Crippen molar-refractivity contribution in [1.82, 2.24) is 5.32 Å². The van der Waals surface area contributed by atoms with Gasteiger partial charge in [-0.1, -0.05) is 6.07 Å². The minimum absolute atomic E-state index is 0.0671. The van der Waals surface area contributed by atoms with E-state index in [1.54, 1.807) is 0 Å². The van der Waals surface area contributed by atoms with Crippen molar-refractivity contribution in [2.45, 2.75) is 31.7 Å². The summed E-state index contributed by atoms with van der Waals surface area (Å²) in [5, 5.41) is 2.52. The second-order valence-electron chi connectivity index (χ2n) is 5.26. The average molecular weight is 292 g/mol. The number of hydrogen-bond donors (Lipinski definition) is 2. The molecule has 1 aliphatic rings. The van der Waals surface area contributed by atoms with E-state index < -0.39 is 23.7 Å². The van der Waals surface area contributed by atoms with E-state index in [2.05, 4.69) is 5.32 Å². The van der Waals surface area contributed by atoms with Gasteiger partial charge in [-0.3, -0.25) is 14.4 Å². The third-order valence-electron chi connectivity index (χ3n) is 3.67. The summed E-state index contributed by atoms with van der Waals surface area (Å²) in [6.45, 7) is 0. The van der Waals surface area contributed by atoms with E-state index in [1.807, 2.05) is 0 Å². The van der Waals surface area contributed by atoms with E-state index in [0.29, 0.717) is 19.3 Å². The Balaban J connectivity index is 2.11. The van der Waals surface area contributed by atoms with Gasteiger partial charge in [0.1, 0.15) is 17.6 Å². The number of primary amides is 1. The molecule has 0 aromatic heterocycles. The maximum atomic E-state index is 13.1. The van der Waals surface area contributed by atoms with Crippen LogP contribution >= 0.6 is 0 Å². The molecular formula is C15H17FN2O3. The van der Waals surface area contributed by atoms with Gasteiger partial charge in [0, 0.05) is 18.4 Å². The Kier molecular flexibility index (Phi) is 4.67. The largest absolute Gasteiger partial charge is 0.368 e. The van der Waals surface area contributed by atoms with Crippen LogP contribution in [0.1, 0.15) is 36.0 Å².